The number of carbonyl (C=O) groups excluding carboxylic acids is 1. The van der Waals surface area contributed by atoms with Gasteiger partial charge in [0.2, 0.25) is 0 Å². The number of anilines is 1. The van der Waals surface area contributed by atoms with Crippen LogP contribution in [-0.4, -0.2) is 19.4 Å². The lowest BCUT2D eigenvalue weighted by Gasteiger charge is -2.30. The third kappa shape index (κ3) is 7.32. The topological polar surface area (TPSA) is 38.8 Å². The zero-order chi connectivity index (χ0) is 28.5. The fourth-order valence-electron chi connectivity index (χ4n) is 5.18. The molecule has 0 saturated heterocycles. The number of hydrogen-bond donors (Lipinski definition) is 0. The molecule has 40 heavy (non-hydrogen) atoms. The predicted molar refractivity (Wildman–Crippen MR) is 166 cm³/mol. The number of carbonyl (C=O) groups is 1. The summed E-state index contributed by atoms with van der Waals surface area (Å²) in [7, 11) is 1.59. The average molecular weight is 536 g/mol. The summed E-state index contributed by atoms with van der Waals surface area (Å²) in [5.41, 5.74) is 7.75. The first-order valence-corrected chi connectivity index (χ1v) is 14.3. The van der Waals surface area contributed by atoms with Gasteiger partial charge in [0.1, 0.15) is 24.4 Å². The molecule has 0 unspecified atom stereocenters. The molecule has 0 heterocycles. The second kappa shape index (κ2) is 13.8. The molecule has 4 aromatic rings. The third-order valence-electron chi connectivity index (χ3n) is 7.54. The summed E-state index contributed by atoms with van der Waals surface area (Å²) in [6.45, 7) is 10.2. The van der Waals surface area contributed by atoms with Crippen LogP contribution < -0.4 is 14.4 Å². The van der Waals surface area contributed by atoms with Crippen molar-refractivity contribution in [3.8, 4) is 22.6 Å². The van der Waals surface area contributed by atoms with Gasteiger partial charge < -0.3 is 14.4 Å². The lowest BCUT2D eigenvalue weighted by molar-refractivity contribution is 0.112. The molecule has 0 amide bonds. The van der Waals surface area contributed by atoms with Crippen molar-refractivity contribution in [3.05, 3.63) is 113 Å². The maximum atomic E-state index is 11.2. The van der Waals surface area contributed by atoms with E-state index < -0.39 is 0 Å². The number of ether oxygens (including phenoxy) is 2. The van der Waals surface area contributed by atoms with Gasteiger partial charge in [0.25, 0.3) is 0 Å². The minimum absolute atomic E-state index is 0.358. The van der Waals surface area contributed by atoms with Gasteiger partial charge in [-0.05, 0) is 109 Å². The van der Waals surface area contributed by atoms with Gasteiger partial charge in [0.15, 0.2) is 0 Å². The van der Waals surface area contributed by atoms with Gasteiger partial charge in [0, 0.05) is 23.8 Å². The lowest BCUT2D eigenvalue weighted by atomic mass is 9.94. The number of benzene rings is 4. The van der Waals surface area contributed by atoms with Crippen molar-refractivity contribution in [2.45, 2.75) is 65.6 Å². The number of rotatable bonds is 13. The highest BCUT2D eigenvalue weighted by Gasteiger charge is 2.14. The van der Waals surface area contributed by atoms with Crippen LogP contribution in [0.25, 0.3) is 11.1 Å². The maximum Gasteiger partial charge on any atom is 0.150 e. The molecule has 4 aromatic carbocycles. The second-order valence-electron chi connectivity index (χ2n) is 10.6. The first-order chi connectivity index (χ1) is 19.4. The van der Waals surface area contributed by atoms with Crippen molar-refractivity contribution in [2.24, 2.45) is 0 Å². The van der Waals surface area contributed by atoms with Crippen LogP contribution in [0.3, 0.4) is 0 Å². The summed E-state index contributed by atoms with van der Waals surface area (Å²) < 4.78 is 11.3. The van der Waals surface area contributed by atoms with E-state index in [-0.39, 0.29) is 0 Å². The summed E-state index contributed by atoms with van der Waals surface area (Å²) in [6, 6.07) is 31.9. The number of nitrogens with zero attached hydrogens (tertiary/aromatic N) is 1. The first kappa shape index (κ1) is 28.9. The summed E-state index contributed by atoms with van der Waals surface area (Å²) in [5.74, 6) is 2.05. The molecule has 0 spiro atoms. The van der Waals surface area contributed by atoms with Crippen LogP contribution in [0.4, 0.5) is 5.69 Å². The van der Waals surface area contributed by atoms with Gasteiger partial charge >= 0.3 is 0 Å². The van der Waals surface area contributed by atoms with Gasteiger partial charge in [-0.1, -0.05) is 56.3 Å². The van der Waals surface area contributed by atoms with Gasteiger partial charge in [-0.15, -0.1) is 0 Å². The molecule has 4 heteroatoms. The van der Waals surface area contributed by atoms with Crippen LogP contribution in [0.5, 0.6) is 11.5 Å². The first-order valence-electron chi connectivity index (χ1n) is 14.3. The lowest BCUT2D eigenvalue weighted by Crippen LogP contribution is -2.30. The monoisotopic (exact) mass is 535 g/mol. The Hall–Kier alpha value is -4.05. The van der Waals surface area contributed by atoms with Gasteiger partial charge in [-0.2, -0.15) is 0 Å². The van der Waals surface area contributed by atoms with Crippen LogP contribution in [0.2, 0.25) is 0 Å². The molecule has 0 N–H and O–H groups in total. The van der Waals surface area contributed by atoms with E-state index in [1.165, 1.54) is 35.2 Å². The molecule has 0 aromatic heterocycles. The number of hydrogen-bond acceptors (Lipinski definition) is 4. The fourth-order valence-corrected chi connectivity index (χ4v) is 5.18. The molecule has 0 radical (unpaired) electrons. The maximum absolute atomic E-state index is 11.2. The molecule has 0 fully saturated rings. The van der Waals surface area contributed by atoms with E-state index in [4.69, 9.17) is 9.47 Å². The Labute approximate surface area is 239 Å². The molecular formula is C36H41NO3. The minimum atomic E-state index is 0.358. The molecule has 0 aliphatic heterocycles. The number of aldehydes is 1. The Balaban J connectivity index is 1.44. The molecule has 4 nitrogen and oxygen atoms in total. The van der Waals surface area contributed by atoms with Crippen LogP contribution in [0.1, 0.15) is 73.5 Å². The summed E-state index contributed by atoms with van der Waals surface area (Å²) >= 11 is 0. The van der Waals surface area contributed by atoms with Crippen molar-refractivity contribution in [3.63, 3.8) is 0 Å². The van der Waals surface area contributed by atoms with E-state index >= 15 is 0 Å². The Morgan fingerprint density at radius 3 is 2.12 bits per heavy atom. The molecule has 208 valence electrons. The van der Waals surface area contributed by atoms with Crippen molar-refractivity contribution < 1.29 is 14.3 Å². The standard InChI is InChI=1S/C36H41NO3/c1-6-30(7-2)31-11-15-34(16-12-31)37(26(3)4)23-27-9-8-10-33(20-27)32-13-17-35(18-14-32)40-25-29-19-28(24-38)21-36(22-29)39-5/h8-22,24,26,30H,6-7,23,25H2,1-5H3. The van der Waals surface area contributed by atoms with E-state index in [1.807, 2.05) is 24.3 Å². The van der Waals surface area contributed by atoms with Crippen molar-refractivity contribution in [1.29, 1.82) is 0 Å². The van der Waals surface area contributed by atoms with Crippen LogP contribution in [0.15, 0.2) is 91.0 Å². The third-order valence-corrected chi connectivity index (χ3v) is 7.54. The summed E-state index contributed by atoms with van der Waals surface area (Å²) in [6.07, 6.45) is 3.17. The minimum Gasteiger partial charge on any atom is -0.497 e. The van der Waals surface area contributed by atoms with Crippen molar-refractivity contribution >= 4 is 12.0 Å². The molecule has 0 saturated carbocycles. The molecule has 0 atom stereocenters. The van der Waals surface area contributed by atoms with Gasteiger partial charge in [0.05, 0.1) is 7.11 Å². The quantitative estimate of drug-likeness (QED) is 0.160. The van der Waals surface area contributed by atoms with Gasteiger partial charge in [-0.3, -0.25) is 4.79 Å². The highest BCUT2D eigenvalue weighted by atomic mass is 16.5. The van der Waals surface area contributed by atoms with E-state index in [9.17, 15) is 4.79 Å². The van der Waals surface area contributed by atoms with E-state index in [2.05, 4.69) is 93.3 Å². The summed E-state index contributed by atoms with van der Waals surface area (Å²) in [5, 5.41) is 0. The Bertz CT molecular complexity index is 1370. The average Bonchev–Trinajstić information content (AvgIpc) is 3.00. The Morgan fingerprint density at radius 1 is 0.775 bits per heavy atom. The van der Waals surface area contributed by atoms with Crippen LogP contribution in [0, 0.1) is 0 Å². The summed E-state index contributed by atoms with van der Waals surface area (Å²) in [4.78, 5) is 13.7. The largest absolute Gasteiger partial charge is 0.497 e. The van der Waals surface area contributed by atoms with Crippen LogP contribution >= 0.6 is 0 Å². The van der Waals surface area contributed by atoms with Crippen molar-refractivity contribution in [1.82, 2.24) is 0 Å². The molecule has 0 aliphatic carbocycles. The second-order valence-corrected chi connectivity index (χ2v) is 10.6. The van der Waals surface area contributed by atoms with E-state index in [0.29, 0.717) is 29.9 Å². The molecule has 4 rings (SSSR count). The highest BCUT2D eigenvalue weighted by molar-refractivity contribution is 5.76. The zero-order valence-corrected chi connectivity index (χ0v) is 24.4. The zero-order valence-electron chi connectivity index (χ0n) is 24.4. The smallest absolute Gasteiger partial charge is 0.150 e. The fraction of sp³-hybridized carbons (Fsp3) is 0.306. The molecule has 0 aliphatic rings. The van der Waals surface area contributed by atoms with Gasteiger partial charge in [-0.25, -0.2) is 0 Å². The normalized spacial score (nSPS) is 11.1. The molecule has 0 bridgehead atoms. The van der Waals surface area contributed by atoms with Crippen LogP contribution in [-0.2, 0) is 13.2 Å². The SMILES string of the molecule is CCC(CC)c1ccc(N(Cc2cccc(-c3ccc(OCc4cc(C=O)cc(OC)c4)cc3)c2)C(C)C)cc1. The molecular weight excluding hydrogens is 494 g/mol. The number of methoxy groups -OCH3 is 1. The predicted octanol–water partition coefficient (Wildman–Crippen LogP) is 9.07. The van der Waals surface area contributed by atoms with E-state index in [1.54, 1.807) is 13.2 Å². The Kier molecular flexibility index (Phi) is 10.0. The van der Waals surface area contributed by atoms with Crippen molar-refractivity contribution in [2.75, 3.05) is 12.0 Å². The Morgan fingerprint density at radius 2 is 1.50 bits per heavy atom. The van der Waals surface area contributed by atoms with E-state index in [0.717, 1.165) is 29.7 Å². The highest BCUT2D eigenvalue weighted by Crippen LogP contribution is 2.29.